The Kier molecular flexibility index (Phi) is 5.12. The van der Waals surface area contributed by atoms with Crippen LogP contribution in [0, 0.1) is 12.9 Å². The Morgan fingerprint density at radius 1 is 1.15 bits per heavy atom. The highest BCUT2D eigenvalue weighted by Crippen LogP contribution is 2.25. The predicted octanol–water partition coefficient (Wildman–Crippen LogP) is 3.83. The van der Waals surface area contributed by atoms with Crippen molar-refractivity contribution in [1.82, 2.24) is 10.3 Å². The maximum Gasteiger partial charge on any atom is 0.255 e. The van der Waals surface area contributed by atoms with E-state index < -0.39 is 11.9 Å². The van der Waals surface area contributed by atoms with Gasteiger partial charge in [0.2, 0.25) is 5.95 Å². The topological polar surface area (TPSA) is 77.2 Å². The van der Waals surface area contributed by atoms with E-state index in [4.69, 9.17) is 10.5 Å². The number of para-hydroxylation sites is 1. The summed E-state index contributed by atoms with van der Waals surface area (Å²) in [5.41, 5.74) is 7.61. The fourth-order valence-electron chi connectivity index (χ4n) is 2.44. The predicted molar refractivity (Wildman–Crippen MR) is 97.5 cm³/mol. The molecule has 0 radical (unpaired) electrons. The Morgan fingerprint density at radius 3 is 2.73 bits per heavy atom. The summed E-state index contributed by atoms with van der Waals surface area (Å²) >= 11 is 0. The minimum Gasteiger partial charge on any atom is -0.457 e. The van der Waals surface area contributed by atoms with Crippen molar-refractivity contribution in [3.63, 3.8) is 0 Å². The number of rotatable bonds is 5. The van der Waals surface area contributed by atoms with Crippen molar-refractivity contribution < 1.29 is 13.9 Å². The summed E-state index contributed by atoms with van der Waals surface area (Å²) in [6, 6.07) is 17.6. The molecule has 0 aliphatic heterocycles. The molecular formula is C20H18FN3O2. The number of hydrogen-bond acceptors (Lipinski definition) is 4. The average molecular weight is 351 g/mol. The zero-order chi connectivity index (χ0) is 18.5. The van der Waals surface area contributed by atoms with Gasteiger partial charge >= 0.3 is 0 Å². The van der Waals surface area contributed by atoms with Gasteiger partial charge in [0.05, 0.1) is 5.56 Å². The number of aromatic nitrogens is 1. The number of benzene rings is 2. The number of halogens is 1. The third kappa shape index (κ3) is 4.16. The normalized spacial score (nSPS) is 10.4. The molecule has 0 saturated carbocycles. The largest absolute Gasteiger partial charge is 0.457 e. The van der Waals surface area contributed by atoms with Crippen molar-refractivity contribution >= 4 is 11.7 Å². The van der Waals surface area contributed by atoms with Crippen LogP contribution in [0.5, 0.6) is 11.5 Å². The number of aryl methyl sites for hydroxylation is 1. The molecule has 5 nitrogen and oxygen atoms in total. The van der Waals surface area contributed by atoms with Crippen molar-refractivity contribution in [1.29, 1.82) is 0 Å². The summed E-state index contributed by atoms with van der Waals surface area (Å²) in [5, 5.41) is 2.74. The van der Waals surface area contributed by atoms with Crippen molar-refractivity contribution in [2.45, 2.75) is 13.5 Å². The summed E-state index contributed by atoms with van der Waals surface area (Å²) < 4.78 is 18.9. The number of anilines is 1. The molecule has 0 fully saturated rings. The highest BCUT2D eigenvalue weighted by molar-refractivity contribution is 5.98. The molecule has 0 aliphatic rings. The van der Waals surface area contributed by atoms with Crippen LogP contribution >= 0.6 is 0 Å². The fraction of sp³-hybridized carbons (Fsp3) is 0.100. The molecule has 3 N–H and O–H groups in total. The van der Waals surface area contributed by atoms with Gasteiger partial charge in [-0.3, -0.25) is 4.79 Å². The second-order valence-corrected chi connectivity index (χ2v) is 5.76. The molecule has 0 saturated heterocycles. The van der Waals surface area contributed by atoms with Crippen molar-refractivity contribution in [2.24, 2.45) is 0 Å². The molecule has 0 bridgehead atoms. The quantitative estimate of drug-likeness (QED) is 0.685. The van der Waals surface area contributed by atoms with E-state index in [1.54, 1.807) is 0 Å². The van der Waals surface area contributed by atoms with Crippen LogP contribution in [0.2, 0.25) is 0 Å². The van der Waals surface area contributed by atoms with Crippen LogP contribution in [0.4, 0.5) is 10.2 Å². The molecule has 6 heteroatoms. The second kappa shape index (κ2) is 7.65. The molecular weight excluding hydrogens is 333 g/mol. The minimum atomic E-state index is -0.722. The zero-order valence-electron chi connectivity index (χ0n) is 14.2. The number of nitrogens with zero attached hydrogens (tertiary/aromatic N) is 1. The Bertz CT molecular complexity index is 944. The number of carbonyl (C=O) groups is 1. The van der Waals surface area contributed by atoms with Gasteiger partial charge in [0.1, 0.15) is 17.3 Å². The van der Waals surface area contributed by atoms with Gasteiger partial charge in [-0.05, 0) is 48.4 Å². The Labute approximate surface area is 150 Å². The van der Waals surface area contributed by atoms with Gasteiger partial charge in [-0.1, -0.05) is 30.3 Å². The SMILES string of the molecule is Cc1ccccc1Oc1cccc(CNC(=O)c2ccc(F)nc2N)c1. The summed E-state index contributed by atoms with van der Waals surface area (Å²) in [6.07, 6.45) is 0. The lowest BCUT2D eigenvalue weighted by Crippen LogP contribution is -2.24. The minimum absolute atomic E-state index is 0.138. The molecule has 132 valence electrons. The monoisotopic (exact) mass is 351 g/mol. The Hall–Kier alpha value is -3.41. The molecule has 26 heavy (non-hydrogen) atoms. The van der Waals surface area contributed by atoms with E-state index in [2.05, 4.69) is 10.3 Å². The molecule has 0 aliphatic carbocycles. The lowest BCUT2D eigenvalue weighted by atomic mass is 10.2. The third-order valence-electron chi connectivity index (χ3n) is 3.81. The molecule has 0 spiro atoms. The first-order valence-corrected chi connectivity index (χ1v) is 8.05. The van der Waals surface area contributed by atoms with Gasteiger partial charge in [-0.15, -0.1) is 0 Å². The number of hydrogen-bond donors (Lipinski definition) is 2. The molecule has 1 amide bonds. The lowest BCUT2D eigenvalue weighted by molar-refractivity contribution is 0.0951. The summed E-state index contributed by atoms with van der Waals surface area (Å²) in [6.45, 7) is 2.25. The van der Waals surface area contributed by atoms with Crippen LogP contribution in [0.3, 0.4) is 0 Å². The zero-order valence-corrected chi connectivity index (χ0v) is 14.2. The average Bonchev–Trinajstić information content (AvgIpc) is 2.62. The molecule has 0 atom stereocenters. The van der Waals surface area contributed by atoms with E-state index in [9.17, 15) is 9.18 Å². The maximum atomic E-state index is 13.0. The van der Waals surface area contributed by atoms with Crippen molar-refractivity contribution in [3.05, 3.63) is 83.3 Å². The Balaban J connectivity index is 1.67. The number of pyridine rings is 1. The van der Waals surface area contributed by atoms with Gasteiger partial charge in [-0.2, -0.15) is 4.39 Å². The summed E-state index contributed by atoms with van der Waals surface area (Å²) in [7, 11) is 0. The van der Waals surface area contributed by atoms with E-state index in [-0.39, 0.29) is 17.9 Å². The number of nitrogen functional groups attached to an aromatic ring is 1. The van der Waals surface area contributed by atoms with Crippen LogP contribution in [0.15, 0.2) is 60.7 Å². The Morgan fingerprint density at radius 2 is 1.96 bits per heavy atom. The lowest BCUT2D eigenvalue weighted by Gasteiger charge is -2.11. The van der Waals surface area contributed by atoms with E-state index in [1.165, 1.54) is 6.07 Å². The molecule has 1 heterocycles. The number of ether oxygens (including phenoxy) is 1. The van der Waals surface area contributed by atoms with E-state index in [1.807, 2.05) is 55.5 Å². The molecule has 1 aromatic heterocycles. The second-order valence-electron chi connectivity index (χ2n) is 5.76. The maximum absolute atomic E-state index is 13.0. The highest BCUT2D eigenvalue weighted by atomic mass is 19.1. The third-order valence-corrected chi connectivity index (χ3v) is 3.81. The van der Waals surface area contributed by atoms with Crippen LogP contribution in [-0.2, 0) is 6.54 Å². The van der Waals surface area contributed by atoms with Gasteiger partial charge in [0.15, 0.2) is 0 Å². The van der Waals surface area contributed by atoms with Gasteiger partial charge in [0.25, 0.3) is 5.91 Å². The standard InChI is InChI=1S/C20H18FN3O2/c1-13-5-2-3-8-17(13)26-15-7-4-6-14(11-15)12-23-20(25)16-9-10-18(21)24-19(16)22/h2-11H,12H2,1H3,(H2,22,24)(H,23,25). The fourth-order valence-corrected chi connectivity index (χ4v) is 2.44. The van der Waals surface area contributed by atoms with Crippen LogP contribution in [0.1, 0.15) is 21.5 Å². The number of nitrogens with one attached hydrogen (secondary N) is 1. The van der Waals surface area contributed by atoms with Gasteiger partial charge in [-0.25, -0.2) is 4.98 Å². The van der Waals surface area contributed by atoms with E-state index >= 15 is 0 Å². The first kappa shape index (κ1) is 17.4. The summed E-state index contributed by atoms with van der Waals surface area (Å²) in [4.78, 5) is 15.6. The van der Waals surface area contributed by atoms with Gasteiger partial charge < -0.3 is 15.8 Å². The van der Waals surface area contributed by atoms with E-state index in [0.29, 0.717) is 5.75 Å². The molecule has 2 aromatic carbocycles. The van der Waals surface area contributed by atoms with Crippen molar-refractivity contribution in [3.8, 4) is 11.5 Å². The highest BCUT2D eigenvalue weighted by Gasteiger charge is 2.11. The van der Waals surface area contributed by atoms with E-state index in [0.717, 1.165) is 22.9 Å². The first-order chi connectivity index (χ1) is 12.5. The smallest absolute Gasteiger partial charge is 0.255 e. The molecule has 3 aromatic rings. The van der Waals surface area contributed by atoms with Crippen molar-refractivity contribution in [2.75, 3.05) is 5.73 Å². The number of carbonyl (C=O) groups excluding carboxylic acids is 1. The molecule has 3 rings (SSSR count). The van der Waals surface area contributed by atoms with Crippen LogP contribution < -0.4 is 15.8 Å². The number of amides is 1. The first-order valence-electron chi connectivity index (χ1n) is 8.05. The molecule has 0 unspecified atom stereocenters. The summed E-state index contributed by atoms with van der Waals surface area (Å²) in [5.74, 6) is 0.173. The van der Waals surface area contributed by atoms with Crippen LogP contribution in [-0.4, -0.2) is 10.9 Å². The number of nitrogens with two attached hydrogens (primary N) is 1. The van der Waals surface area contributed by atoms with Crippen LogP contribution in [0.25, 0.3) is 0 Å². The van der Waals surface area contributed by atoms with Gasteiger partial charge in [0, 0.05) is 6.54 Å².